The molecule has 0 heterocycles. The number of aryl methyl sites for hydroxylation is 2. The maximum absolute atomic E-state index is 13.1. The van der Waals surface area contributed by atoms with Gasteiger partial charge in [-0.05, 0) is 56.2 Å². The van der Waals surface area contributed by atoms with Crippen LogP contribution in [0.15, 0.2) is 41.4 Å². The first-order chi connectivity index (χ1) is 11.7. The molecular weight excluding hydrogens is 327 g/mol. The van der Waals surface area contributed by atoms with Crippen molar-refractivity contribution < 1.29 is 13.2 Å². The van der Waals surface area contributed by atoms with E-state index in [2.05, 4.69) is 10.3 Å². The third-order valence-corrected chi connectivity index (χ3v) is 3.94. The highest BCUT2D eigenvalue weighted by Crippen LogP contribution is 2.37. The number of rotatable bonds is 5. The fourth-order valence-corrected chi connectivity index (χ4v) is 2.30. The second kappa shape index (κ2) is 7.59. The molecule has 0 aliphatic heterocycles. The van der Waals surface area contributed by atoms with Gasteiger partial charge in [0.25, 0.3) is 0 Å². The number of hydrogen-bond donors (Lipinski definition) is 1. The molecule has 1 N–H and O–H groups in total. The second-order valence-corrected chi connectivity index (χ2v) is 5.94. The second-order valence-electron chi connectivity index (χ2n) is 5.94. The lowest BCUT2D eigenvalue weighted by Gasteiger charge is -2.17. The van der Waals surface area contributed by atoms with Crippen molar-refractivity contribution in [3.8, 4) is 0 Å². The molecule has 0 aliphatic rings. The smallest absolute Gasteiger partial charge is 0.366 e. The third-order valence-electron chi connectivity index (χ3n) is 3.94. The zero-order chi connectivity index (χ0) is 18.6. The fourth-order valence-electron chi connectivity index (χ4n) is 2.30. The molecule has 0 saturated heterocycles. The molecule has 2 aromatic rings. The van der Waals surface area contributed by atoms with Gasteiger partial charge >= 0.3 is 6.18 Å². The summed E-state index contributed by atoms with van der Waals surface area (Å²) < 4.78 is 39.4. The molecule has 2 rings (SSSR count). The lowest BCUT2D eigenvalue weighted by Crippen LogP contribution is -2.14. The SMILES string of the molecule is CCN(C)/C=N\c1cc(C)c(Nc2ccccc2C(F)(F)F)cc1C. The minimum absolute atomic E-state index is 0.0412. The summed E-state index contributed by atoms with van der Waals surface area (Å²) in [7, 11) is 1.93. The predicted octanol–water partition coefficient (Wildman–Crippen LogP) is 5.68. The van der Waals surface area contributed by atoms with Crippen LogP contribution >= 0.6 is 0 Å². The fraction of sp³-hybridized carbons (Fsp3) is 0.316. The normalized spacial score (nSPS) is 11.8. The molecule has 2 aromatic carbocycles. The summed E-state index contributed by atoms with van der Waals surface area (Å²) in [6.07, 6.45) is -2.66. The molecule has 0 saturated carbocycles. The van der Waals surface area contributed by atoms with Crippen LogP contribution in [0.4, 0.5) is 30.2 Å². The van der Waals surface area contributed by atoms with Crippen LogP contribution in [0, 0.1) is 13.8 Å². The van der Waals surface area contributed by atoms with Gasteiger partial charge in [0.1, 0.15) is 0 Å². The van der Waals surface area contributed by atoms with Gasteiger partial charge in [0.05, 0.1) is 23.3 Å². The van der Waals surface area contributed by atoms with E-state index in [4.69, 9.17) is 0 Å². The van der Waals surface area contributed by atoms with Crippen molar-refractivity contribution in [3.63, 3.8) is 0 Å². The third kappa shape index (κ3) is 4.75. The van der Waals surface area contributed by atoms with Gasteiger partial charge in [-0.25, -0.2) is 4.99 Å². The molecule has 25 heavy (non-hydrogen) atoms. The van der Waals surface area contributed by atoms with Gasteiger partial charge in [-0.2, -0.15) is 13.2 Å². The molecule has 3 nitrogen and oxygen atoms in total. The Balaban J connectivity index is 2.34. The largest absolute Gasteiger partial charge is 0.418 e. The van der Waals surface area contributed by atoms with Gasteiger partial charge in [-0.3, -0.25) is 0 Å². The summed E-state index contributed by atoms with van der Waals surface area (Å²) in [6.45, 7) is 6.60. The zero-order valence-corrected chi connectivity index (χ0v) is 14.8. The zero-order valence-electron chi connectivity index (χ0n) is 14.8. The minimum atomic E-state index is -4.40. The Labute approximate surface area is 146 Å². The van der Waals surface area contributed by atoms with Crippen LogP contribution in [0.2, 0.25) is 0 Å². The van der Waals surface area contributed by atoms with E-state index in [9.17, 15) is 13.2 Å². The summed E-state index contributed by atoms with van der Waals surface area (Å²) in [6, 6.07) is 9.16. The molecule has 0 radical (unpaired) electrons. The molecule has 0 amide bonds. The van der Waals surface area contributed by atoms with Crippen LogP contribution in [-0.2, 0) is 6.18 Å². The van der Waals surface area contributed by atoms with Gasteiger partial charge in [-0.1, -0.05) is 12.1 Å². The Morgan fingerprint density at radius 1 is 1.08 bits per heavy atom. The van der Waals surface area contributed by atoms with E-state index in [0.29, 0.717) is 5.69 Å². The summed E-state index contributed by atoms with van der Waals surface area (Å²) >= 11 is 0. The number of para-hydroxylation sites is 1. The lowest BCUT2D eigenvalue weighted by molar-refractivity contribution is -0.136. The first kappa shape index (κ1) is 18.8. The van der Waals surface area contributed by atoms with Crippen molar-refractivity contribution in [3.05, 3.63) is 53.1 Å². The van der Waals surface area contributed by atoms with E-state index in [1.54, 1.807) is 12.4 Å². The summed E-state index contributed by atoms with van der Waals surface area (Å²) in [5, 5.41) is 2.91. The molecule has 0 unspecified atom stereocenters. The number of benzene rings is 2. The van der Waals surface area contributed by atoms with Crippen LogP contribution in [0.3, 0.4) is 0 Å². The molecule has 0 spiro atoms. The molecule has 0 atom stereocenters. The van der Waals surface area contributed by atoms with Crippen LogP contribution in [-0.4, -0.2) is 24.8 Å². The molecule has 0 fully saturated rings. The minimum Gasteiger partial charge on any atom is -0.366 e. The molecule has 0 aliphatic carbocycles. The quantitative estimate of drug-likeness (QED) is 0.556. The Morgan fingerprint density at radius 3 is 2.40 bits per heavy atom. The standard InChI is InChI=1S/C19H22F3N3/c1-5-25(4)12-23-17-10-14(3)18(11-13(17)2)24-16-9-7-6-8-15(16)19(20,21)22/h6-12,24H,5H2,1-4H3/b23-12-. The molecular formula is C19H22F3N3. The number of hydrogen-bond acceptors (Lipinski definition) is 2. The van der Waals surface area contributed by atoms with Crippen molar-refractivity contribution in [2.45, 2.75) is 26.9 Å². The van der Waals surface area contributed by atoms with E-state index >= 15 is 0 Å². The maximum Gasteiger partial charge on any atom is 0.418 e. The first-order valence-corrected chi connectivity index (χ1v) is 8.01. The number of nitrogens with zero attached hydrogens (tertiary/aromatic N) is 2. The number of aliphatic imine (C=N–C) groups is 1. The highest BCUT2D eigenvalue weighted by atomic mass is 19.4. The van der Waals surface area contributed by atoms with E-state index in [1.165, 1.54) is 12.1 Å². The van der Waals surface area contributed by atoms with Gasteiger partial charge in [0, 0.05) is 19.3 Å². The average molecular weight is 349 g/mol. The molecule has 134 valence electrons. The van der Waals surface area contributed by atoms with E-state index in [-0.39, 0.29) is 5.69 Å². The molecule has 0 aromatic heterocycles. The Bertz CT molecular complexity index is 767. The van der Waals surface area contributed by atoms with Crippen molar-refractivity contribution in [2.24, 2.45) is 4.99 Å². The lowest BCUT2D eigenvalue weighted by atomic mass is 10.1. The van der Waals surface area contributed by atoms with E-state index in [0.717, 1.165) is 29.4 Å². The highest BCUT2D eigenvalue weighted by Gasteiger charge is 2.33. The highest BCUT2D eigenvalue weighted by molar-refractivity contribution is 5.72. The van der Waals surface area contributed by atoms with Gasteiger partial charge in [0.15, 0.2) is 0 Å². The monoisotopic (exact) mass is 349 g/mol. The maximum atomic E-state index is 13.1. The Kier molecular flexibility index (Phi) is 5.72. The van der Waals surface area contributed by atoms with Crippen molar-refractivity contribution in [2.75, 3.05) is 18.9 Å². The van der Waals surface area contributed by atoms with Gasteiger partial charge in [0.2, 0.25) is 0 Å². The molecule has 6 heteroatoms. The van der Waals surface area contributed by atoms with Crippen LogP contribution in [0.1, 0.15) is 23.6 Å². The van der Waals surface area contributed by atoms with Crippen LogP contribution < -0.4 is 5.32 Å². The van der Waals surface area contributed by atoms with Gasteiger partial charge < -0.3 is 10.2 Å². The Morgan fingerprint density at radius 2 is 1.76 bits per heavy atom. The van der Waals surface area contributed by atoms with E-state index in [1.807, 2.05) is 44.9 Å². The molecule has 0 bridgehead atoms. The summed E-state index contributed by atoms with van der Waals surface area (Å²) in [5.74, 6) is 0. The van der Waals surface area contributed by atoms with Crippen molar-refractivity contribution in [1.82, 2.24) is 4.90 Å². The van der Waals surface area contributed by atoms with Crippen LogP contribution in [0.5, 0.6) is 0 Å². The predicted molar refractivity (Wildman–Crippen MR) is 97.1 cm³/mol. The Hall–Kier alpha value is -2.50. The number of halogens is 3. The van der Waals surface area contributed by atoms with Crippen molar-refractivity contribution >= 4 is 23.4 Å². The topological polar surface area (TPSA) is 27.6 Å². The van der Waals surface area contributed by atoms with Crippen LogP contribution in [0.25, 0.3) is 0 Å². The first-order valence-electron chi connectivity index (χ1n) is 8.01. The number of anilines is 2. The average Bonchev–Trinajstić information content (AvgIpc) is 2.55. The summed E-state index contributed by atoms with van der Waals surface area (Å²) in [4.78, 5) is 6.38. The summed E-state index contributed by atoms with van der Waals surface area (Å²) in [5.41, 5.74) is 2.51. The van der Waals surface area contributed by atoms with Gasteiger partial charge in [-0.15, -0.1) is 0 Å². The van der Waals surface area contributed by atoms with E-state index < -0.39 is 11.7 Å². The van der Waals surface area contributed by atoms with Crippen molar-refractivity contribution in [1.29, 1.82) is 0 Å². The number of alkyl halides is 3. The number of nitrogens with one attached hydrogen (secondary N) is 1.